The summed E-state index contributed by atoms with van der Waals surface area (Å²) in [6.07, 6.45) is 1.24. The van der Waals surface area contributed by atoms with Crippen molar-refractivity contribution in [3.63, 3.8) is 0 Å². The molecule has 0 unspecified atom stereocenters. The van der Waals surface area contributed by atoms with E-state index in [1.165, 1.54) is 29.7 Å². The van der Waals surface area contributed by atoms with E-state index in [4.69, 9.17) is 9.47 Å². The van der Waals surface area contributed by atoms with Crippen molar-refractivity contribution in [2.45, 2.75) is 0 Å². The Hall–Kier alpha value is -3.00. The van der Waals surface area contributed by atoms with E-state index in [-0.39, 0.29) is 5.69 Å². The highest BCUT2D eigenvalue weighted by Gasteiger charge is 2.14. The van der Waals surface area contributed by atoms with Gasteiger partial charge in [0, 0.05) is 10.9 Å². The van der Waals surface area contributed by atoms with Crippen LogP contribution in [0.5, 0.6) is 11.5 Å². The Bertz CT molecular complexity index is 896. The number of rotatable bonds is 5. The van der Waals surface area contributed by atoms with Crippen LogP contribution in [-0.4, -0.2) is 30.1 Å². The van der Waals surface area contributed by atoms with Crippen LogP contribution in [0.1, 0.15) is 10.5 Å². The number of pyridine rings is 1. The zero-order chi connectivity index (χ0) is 17.8. The zero-order valence-corrected chi connectivity index (χ0v) is 14.3. The first-order chi connectivity index (χ1) is 12.1. The van der Waals surface area contributed by atoms with Crippen LogP contribution in [-0.2, 0) is 0 Å². The average Bonchev–Trinajstić information content (AvgIpc) is 3.13. The van der Waals surface area contributed by atoms with Crippen molar-refractivity contribution in [3.05, 3.63) is 53.6 Å². The quantitative estimate of drug-likeness (QED) is 0.705. The summed E-state index contributed by atoms with van der Waals surface area (Å²) in [7, 11) is 3.12. The lowest BCUT2D eigenvalue weighted by Gasteiger charge is -2.08. The molecule has 0 fully saturated rings. The number of nitrogens with one attached hydrogen (secondary N) is 1. The SMILES string of the molecule is COc1ccc(-c2nc(C(=O)Nc3ccc(F)nc3)cs2)cc1OC. The van der Waals surface area contributed by atoms with Gasteiger partial charge in [0.25, 0.3) is 5.91 Å². The van der Waals surface area contributed by atoms with Crippen LogP contribution < -0.4 is 14.8 Å². The molecule has 128 valence electrons. The molecule has 0 aliphatic carbocycles. The molecular weight excluding hydrogens is 345 g/mol. The van der Waals surface area contributed by atoms with Crippen LogP contribution in [0.2, 0.25) is 0 Å². The van der Waals surface area contributed by atoms with Crippen LogP contribution >= 0.6 is 11.3 Å². The summed E-state index contributed by atoms with van der Waals surface area (Å²) in [6, 6.07) is 8.02. The number of nitrogens with zero attached hydrogens (tertiary/aromatic N) is 2. The fourth-order valence-electron chi connectivity index (χ4n) is 2.12. The van der Waals surface area contributed by atoms with Crippen LogP contribution in [0.25, 0.3) is 10.6 Å². The number of hydrogen-bond acceptors (Lipinski definition) is 6. The van der Waals surface area contributed by atoms with Gasteiger partial charge in [0.15, 0.2) is 11.5 Å². The van der Waals surface area contributed by atoms with E-state index in [0.29, 0.717) is 22.2 Å². The number of benzene rings is 1. The molecule has 0 radical (unpaired) electrons. The van der Waals surface area contributed by atoms with E-state index in [0.717, 1.165) is 5.56 Å². The number of methoxy groups -OCH3 is 2. The number of hydrogen-bond donors (Lipinski definition) is 1. The van der Waals surface area contributed by atoms with E-state index in [1.807, 2.05) is 6.07 Å². The summed E-state index contributed by atoms with van der Waals surface area (Å²) in [5.41, 5.74) is 1.47. The van der Waals surface area contributed by atoms with Crippen molar-refractivity contribution in [2.75, 3.05) is 19.5 Å². The Morgan fingerprint density at radius 3 is 2.64 bits per heavy atom. The van der Waals surface area contributed by atoms with Gasteiger partial charge in [-0.3, -0.25) is 4.79 Å². The molecule has 1 aromatic carbocycles. The number of ether oxygens (including phenoxy) is 2. The molecule has 0 spiro atoms. The molecular formula is C17H14FN3O3S. The molecule has 2 aromatic heterocycles. The van der Waals surface area contributed by atoms with Gasteiger partial charge in [-0.05, 0) is 30.3 Å². The molecule has 1 amide bonds. The second-order valence-electron chi connectivity index (χ2n) is 4.93. The topological polar surface area (TPSA) is 73.3 Å². The van der Waals surface area contributed by atoms with Gasteiger partial charge in [-0.15, -0.1) is 11.3 Å². The zero-order valence-electron chi connectivity index (χ0n) is 13.4. The van der Waals surface area contributed by atoms with Crippen LogP contribution in [0.15, 0.2) is 41.9 Å². The van der Waals surface area contributed by atoms with E-state index in [2.05, 4.69) is 15.3 Å². The third-order valence-corrected chi connectivity index (χ3v) is 4.24. The number of halogens is 1. The standard InChI is InChI=1S/C17H14FN3O3S/c1-23-13-5-3-10(7-14(13)24-2)17-21-12(9-25-17)16(22)20-11-4-6-15(18)19-8-11/h3-9H,1-2H3,(H,20,22). The van der Waals surface area contributed by atoms with Crippen molar-refractivity contribution in [1.29, 1.82) is 0 Å². The minimum absolute atomic E-state index is 0.263. The number of aromatic nitrogens is 2. The van der Waals surface area contributed by atoms with Crippen LogP contribution in [0, 0.1) is 5.95 Å². The summed E-state index contributed by atoms with van der Waals surface area (Å²) in [4.78, 5) is 20.1. The first-order valence-corrected chi connectivity index (χ1v) is 8.09. The van der Waals surface area contributed by atoms with E-state index < -0.39 is 11.9 Å². The first-order valence-electron chi connectivity index (χ1n) is 7.21. The lowest BCUT2D eigenvalue weighted by molar-refractivity contribution is 0.102. The van der Waals surface area contributed by atoms with Crippen LogP contribution in [0.3, 0.4) is 0 Å². The highest BCUT2D eigenvalue weighted by atomic mass is 32.1. The Morgan fingerprint density at radius 1 is 1.16 bits per heavy atom. The third kappa shape index (κ3) is 3.74. The minimum atomic E-state index is -0.609. The molecule has 3 aromatic rings. The normalized spacial score (nSPS) is 10.4. The third-order valence-electron chi connectivity index (χ3n) is 3.35. The van der Waals surface area contributed by atoms with Crippen molar-refractivity contribution in [2.24, 2.45) is 0 Å². The molecule has 3 rings (SSSR count). The fourth-order valence-corrected chi connectivity index (χ4v) is 2.92. The predicted octanol–water partition coefficient (Wildman–Crippen LogP) is 3.61. The van der Waals surface area contributed by atoms with Crippen molar-refractivity contribution >= 4 is 22.9 Å². The summed E-state index contributed by atoms with van der Waals surface area (Å²) < 4.78 is 23.3. The van der Waals surface area contributed by atoms with Gasteiger partial charge in [-0.25, -0.2) is 9.97 Å². The summed E-state index contributed by atoms with van der Waals surface area (Å²) in [6.45, 7) is 0. The Morgan fingerprint density at radius 2 is 1.96 bits per heavy atom. The molecule has 8 heteroatoms. The molecule has 0 bridgehead atoms. The monoisotopic (exact) mass is 359 g/mol. The number of amides is 1. The molecule has 0 aliphatic rings. The Balaban J connectivity index is 1.80. The van der Waals surface area contributed by atoms with Gasteiger partial charge in [0.2, 0.25) is 5.95 Å². The van der Waals surface area contributed by atoms with Gasteiger partial charge in [-0.1, -0.05) is 0 Å². The minimum Gasteiger partial charge on any atom is -0.493 e. The molecule has 0 atom stereocenters. The maximum Gasteiger partial charge on any atom is 0.275 e. The number of carbonyl (C=O) groups is 1. The van der Waals surface area contributed by atoms with Gasteiger partial charge in [0.05, 0.1) is 26.1 Å². The highest BCUT2D eigenvalue weighted by molar-refractivity contribution is 7.13. The molecule has 2 heterocycles. The fraction of sp³-hybridized carbons (Fsp3) is 0.118. The number of thiazole rings is 1. The maximum absolute atomic E-state index is 12.8. The molecule has 25 heavy (non-hydrogen) atoms. The van der Waals surface area contributed by atoms with Gasteiger partial charge in [0.1, 0.15) is 10.7 Å². The van der Waals surface area contributed by atoms with Crippen LogP contribution in [0.4, 0.5) is 10.1 Å². The smallest absolute Gasteiger partial charge is 0.275 e. The molecule has 6 nitrogen and oxygen atoms in total. The number of anilines is 1. The Labute approximate surface area is 147 Å². The average molecular weight is 359 g/mol. The highest BCUT2D eigenvalue weighted by Crippen LogP contribution is 2.33. The Kier molecular flexibility index (Phi) is 4.90. The van der Waals surface area contributed by atoms with Gasteiger partial charge >= 0.3 is 0 Å². The van der Waals surface area contributed by atoms with Gasteiger partial charge in [-0.2, -0.15) is 4.39 Å². The lowest BCUT2D eigenvalue weighted by atomic mass is 10.2. The molecule has 0 saturated heterocycles. The summed E-state index contributed by atoms with van der Waals surface area (Å²) in [5, 5.41) is 4.94. The predicted molar refractivity (Wildman–Crippen MR) is 92.8 cm³/mol. The van der Waals surface area contributed by atoms with E-state index in [1.54, 1.807) is 31.7 Å². The van der Waals surface area contributed by atoms with E-state index >= 15 is 0 Å². The summed E-state index contributed by atoms with van der Waals surface area (Å²) >= 11 is 1.33. The van der Waals surface area contributed by atoms with Crippen molar-refractivity contribution < 1.29 is 18.7 Å². The molecule has 1 N–H and O–H groups in total. The largest absolute Gasteiger partial charge is 0.493 e. The first kappa shape index (κ1) is 16.8. The summed E-state index contributed by atoms with van der Waals surface area (Å²) in [5.74, 6) is 0.196. The van der Waals surface area contributed by atoms with Crippen molar-refractivity contribution in [3.8, 4) is 22.1 Å². The number of carbonyl (C=O) groups excluding carboxylic acids is 1. The molecule has 0 aliphatic heterocycles. The van der Waals surface area contributed by atoms with Crippen molar-refractivity contribution in [1.82, 2.24) is 9.97 Å². The lowest BCUT2D eigenvalue weighted by Crippen LogP contribution is -2.12. The van der Waals surface area contributed by atoms with Gasteiger partial charge < -0.3 is 14.8 Å². The maximum atomic E-state index is 12.8. The second-order valence-corrected chi connectivity index (χ2v) is 5.79. The molecule has 0 saturated carbocycles. The second kappa shape index (κ2) is 7.27. The van der Waals surface area contributed by atoms with E-state index in [9.17, 15) is 9.18 Å².